The molecule has 1 aromatic rings. The molecule has 0 saturated carbocycles. The van der Waals surface area contributed by atoms with Gasteiger partial charge in [0.2, 0.25) is 0 Å². The van der Waals surface area contributed by atoms with Crippen LogP contribution >= 0.6 is 0 Å². The predicted molar refractivity (Wildman–Crippen MR) is 45.9 cm³/mol. The number of nitrogens with one attached hydrogen (secondary N) is 2. The van der Waals surface area contributed by atoms with Crippen molar-refractivity contribution in [3.63, 3.8) is 0 Å². The van der Waals surface area contributed by atoms with Gasteiger partial charge in [-0.2, -0.15) is 5.21 Å². The van der Waals surface area contributed by atoms with Gasteiger partial charge < -0.3 is 5.32 Å². The van der Waals surface area contributed by atoms with Crippen LogP contribution in [-0.2, 0) is 0 Å². The van der Waals surface area contributed by atoms with E-state index in [2.05, 4.69) is 32.5 Å². The maximum absolute atomic E-state index is 11.3. The van der Waals surface area contributed by atoms with Crippen LogP contribution in [0.3, 0.4) is 0 Å². The Bertz CT molecular complexity index is 281. The smallest absolute Gasteiger partial charge is 0.293 e. The zero-order valence-electron chi connectivity index (χ0n) is 7.32. The SMILES string of the molecule is C=CCC(C)NC(=O)c1nn[nH]n1. The van der Waals surface area contributed by atoms with E-state index in [1.807, 2.05) is 6.92 Å². The Morgan fingerprint density at radius 2 is 2.62 bits per heavy atom. The van der Waals surface area contributed by atoms with Crippen molar-refractivity contribution in [1.82, 2.24) is 25.9 Å². The Morgan fingerprint density at radius 1 is 1.85 bits per heavy atom. The topological polar surface area (TPSA) is 83.6 Å². The summed E-state index contributed by atoms with van der Waals surface area (Å²) in [5.74, 6) is -0.279. The molecule has 1 unspecified atom stereocenters. The van der Waals surface area contributed by atoms with Crippen molar-refractivity contribution in [3.8, 4) is 0 Å². The fourth-order valence-electron chi connectivity index (χ4n) is 0.855. The molecule has 0 fully saturated rings. The lowest BCUT2D eigenvalue weighted by Crippen LogP contribution is -2.32. The molecule has 6 nitrogen and oxygen atoms in total. The second-order valence-electron chi connectivity index (χ2n) is 2.63. The van der Waals surface area contributed by atoms with Crippen LogP contribution in [0.1, 0.15) is 24.0 Å². The third kappa shape index (κ3) is 2.66. The molecule has 1 heterocycles. The van der Waals surface area contributed by atoms with E-state index in [-0.39, 0.29) is 17.8 Å². The van der Waals surface area contributed by atoms with Gasteiger partial charge in [-0.1, -0.05) is 6.08 Å². The number of aromatic amines is 1. The highest BCUT2D eigenvalue weighted by Gasteiger charge is 2.12. The van der Waals surface area contributed by atoms with Gasteiger partial charge >= 0.3 is 0 Å². The van der Waals surface area contributed by atoms with E-state index in [0.717, 1.165) is 0 Å². The summed E-state index contributed by atoms with van der Waals surface area (Å²) in [6.45, 7) is 5.44. The van der Waals surface area contributed by atoms with Crippen molar-refractivity contribution < 1.29 is 4.79 Å². The van der Waals surface area contributed by atoms with E-state index in [1.165, 1.54) is 0 Å². The van der Waals surface area contributed by atoms with E-state index in [4.69, 9.17) is 0 Å². The van der Waals surface area contributed by atoms with Crippen LogP contribution in [0.5, 0.6) is 0 Å². The van der Waals surface area contributed by atoms with Crippen LogP contribution in [0.15, 0.2) is 12.7 Å². The number of nitrogens with zero attached hydrogens (tertiary/aromatic N) is 3. The Labute approximate surface area is 75.4 Å². The highest BCUT2D eigenvalue weighted by atomic mass is 16.2. The Kier molecular flexibility index (Phi) is 3.13. The van der Waals surface area contributed by atoms with Gasteiger partial charge in [-0.15, -0.1) is 16.8 Å². The summed E-state index contributed by atoms with van der Waals surface area (Å²) in [5, 5.41) is 15.3. The normalized spacial score (nSPS) is 12.1. The maximum Gasteiger partial charge on any atom is 0.293 e. The Morgan fingerprint density at radius 3 is 3.15 bits per heavy atom. The number of hydrogen-bond donors (Lipinski definition) is 2. The first-order chi connectivity index (χ1) is 6.24. The van der Waals surface area contributed by atoms with Crippen molar-refractivity contribution >= 4 is 5.91 Å². The average molecular weight is 181 g/mol. The maximum atomic E-state index is 11.3. The van der Waals surface area contributed by atoms with Crippen LogP contribution < -0.4 is 5.32 Å². The third-order valence-electron chi connectivity index (χ3n) is 1.45. The molecule has 70 valence electrons. The van der Waals surface area contributed by atoms with Crippen molar-refractivity contribution in [2.75, 3.05) is 0 Å². The first-order valence-corrected chi connectivity index (χ1v) is 3.89. The number of tetrazole rings is 1. The minimum atomic E-state index is -0.330. The first-order valence-electron chi connectivity index (χ1n) is 3.89. The van der Waals surface area contributed by atoms with Crippen LogP contribution in [0, 0.1) is 0 Å². The van der Waals surface area contributed by atoms with E-state index in [9.17, 15) is 4.79 Å². The number of carbonyl (C=O) groups is 1. The van der Waals surface area contributed by atoms with Crippen LogP contribution in [0.2, 0.25) is 0 Å². The Hall–Kier alpha value is -1.72. The minimum Gasteiger partial charge on any atom is -0.346 e. The average Bonchev–Trinajstić information content (AvgIpc) is 2.55. The number of hydrogen-bond acceptors (Lipinski definition) is 4. The van der Waals surface area contributed by atoms with Crippen LogP contribution in [0.4, 0.5) is 0 Å². The molecule has 0 aliphatic rings. The lowest BCUT2D eigenvalue weighted by molar-refractivity contribution is 0.0930. The minimum absolute atomic E-state index is 0.0310. The van der Waals surface area contributed by atoms with Crippen molar-refractivity contribution in [3.05, 3.63) is 18.5 Å². The zero-order valence-corrected chi connectivity index (χ0v) is 7.32. The lowest BCUT2D eigenvalue weighted by atomic mass is 10.2. The molecule has 0 saturated heterocycles. The summed E-state index contributed by atoms with van der Waals surface area (Å²) >= 11 is 0. The van der Waals surface area contributed by atoms with Crippen molar-refractivity contribution in [1.29, 1.82) is 0 Å². The van der Waals surface area contributed by atoms with Gasteiger partial charge in [-0.25, -0.2) is 0 Å². The number of H-pyrrole nitrogens is 1. The van der Waals surface area contributed by atoms with E-state index in [1.54, 1.807) is 6.08 Å². The van der Waals surface area contributed by atoms with Gasteiger partial charge in [-0.05, 0) is 18.6 Å². The highest BCUT2D eigenvalue weighted by Crippen LogP contribution is 1.92. The molecule has 0 bridgehead atoms. The van der Waals surface area contributed by atoms with E-state index in [0.29, 0.717) is 6.42 Å². The predicted octanol–water partition coefficient (Wildman–Crippen LogP) is -0.106. The van der Waals surface area contributed by atoms with Gasteiger partial charge in [-0.3, -0.25) is 4.79 Å². The first kappa shape index (κ1) is 9.37. The lowest BCUT2D eigenvalue weighted by Gasteiger charge is -2.08. The number of aromatic nitrogens is 4. The molecule has 2 N–H and O–H groups in total. The van der Waals surface area contributed by atoms with Gasteiger partial charge in [0.1, 0.15) is 0 Å². The summed E-state index contributed by atoms with van der Waals surface area (Å²) in [5.41, 5.74) is 0. The number of carbonyl (C=O) groups excluding carboxylic acids is 1. The summed E-state index contributed by atoms with van der Waals surface area (Å²) in [6, 6.07) is 0.0310. The summed E-state index contributed by atoms with van der Waals surface area (Å²) < 4.78 is 0. The van der Waals surface area contributed by atoms with Gasteiger partial charge in [0, 0.05) is 6.04 Å². The van der Waals surface area contributed by atoms with Gasteiger partial charge in [0.25, 0.3) is 11.7 Å². The molecular weight excluding hydrogens is 170 g/mol. The van der Waals surface area contributed by atoms with Crippen LogP contribution in [-0.4, -0.2) is 32.6 Å². The Balaban J connectivity index is 2.46. The van der Waals surface area contributed by atoms with E-state index >= 15 is 0 Å². The molecule has 0 radical (unpaired) electrons. The molecule has 0 aliphatic heterocycles. The molecule has 0 aliphatic carbocycles. The second-order valence-corrected chi connectivity index (χ2v) is 2.63. The summed E-state index contributed by atoms with van der Waals surface area (Å²) in [7, 11) is 0. The van der Waals surface area contributed by atoms with Gasteiger partial charge in [0.15, 0.2) is 0 Å². The molecule has 1 rings (SSSR count). The second kappa shape index (κ2) is 4.34. The molecule has 1 aromatic heterocycles. The van der Waals surface area contributed by atoms with E-state index < -0.39 is 0 Å². The van der Waals surface area contributed by atoms with Gasteiger partial charge in [0.05, 0.1) is 0 Å². The highest BCUT2D eigenvalue weighted by molar-refractivity contribution is 5.90. The number of amides is 1. The summed E-state index contributed by atoms with van der Waals surface area (Å²) in [4.78, 5) is 11.3. The largest absolute Gasteiger partial charge is 0.346 e. The van der Waals surface area contributed by atoms with Crippen molar-refractivity contribution in [2.45, 2.75) is 19.4 Å². The standard InChI is InChI=1S/C7H11N5O/c1-3-4-5(2)8-7(13)6-9-11-12-10-6/h3,5H,1,4H2,2H3,(H,8,13)(H,9,10,11,12). The van der Waals surface area contributed by atoms with Crippen molar-refractivity contribution in [2.24, 2.45) is 0 Å². The molecule has 1 amide bonds. The number of rotatable bonds is 4. The fourth-order valence-corrected chi connectivity index (χ4v) is 0.855. The molecule has 0 spiro atoms. The molecule has 13 heavy (non-hydrogen) atoms. The molecule has 6 heteroatoms. The molecule has 0 aromatic carbocycles. The third-order valence-corrected chi connectivity index (χ3v) is 1.45. The zero-order chi connectivity index (χ0) is 9.68. The molecular formula is C7H11N5O. The quantitative estimate of drug-likeness (QED) is 0.635. The summed E-state index contributed by atoms with van der Waals surface area (Å²) in [6.07, 6.45) is 2.45. The fraction of sp³-hybridized carbons (Fsp3) is 0.429. The van der Waals surface area contributed by atoms with Crippen LogP contribution in [0.25, 0.3) is 0 Å². The molecule has 1 atom stereocenters. The monoisotopic (exact) mass is 181 g/mol.